The molecule has 2 aromatic rings. The van der Waals surface area contributed by atoms with Crippen LogP contribution in [0.25, 0.3) is 0 Å². The zero-order valence-corrected chi connectivity index (χ0v) is 26.3. The SMILES string of the molecule is O=C(COc1cc(I)c(S(=O)(=O)[O-])c(I)c1)OC12CC3CC(C1)CC(/C([O-])=N/S(=O)(=O)c1ccccc1)(C3)C2. The lowest BCUT2D eigenvalue weighted by atomic mass is 9.47. The van der Waals surface area contributed by atoms with E-state index in [2.05, 4.69) is 4.40 Å². The van der Waals surface area contributed by atoms with Crippen LogP contribution in [0.3, 0.4) is 0 Å². The molecule has 39 heavy (non-hydrogen) atoms. The Balaban J connectivity index is 1.32. The van der Waals surface area contributed by atoms with Crippen molar-refractivity contribution in [3.8, 4) is 5.75 Å². The molecular formula is C25H23I2NO9S2-2. The van der Waals surface area contributed by atoms with Crippen LogP contribution in [-0.2, 0) is 29.7 Å². The highest BCUT2D eigenvalue weighted by Crippen LogP contribution is 2.63. The smallest absolute Gasteiger partial charge is 0.344 e. The molecule has 2 atom stereocenters. The highest BCUT2D eigenvalue weighted by atomic mass is 127. The number of esters is 1. The molecule has 4 aliphatic carbocycles. The van der Waals surface area contributed by atoms with E-state index in [1.807, 2.05) is 0 Å². The third-order valence-corrected chi connectivity index (χ3v) is 12.3. The van der Waals surface area contributed by atoms with E-state index in [-0.39, 0.29) is 40.9 Å². The van der Waals surface area contributed by atoms with Crippen LogP contribution in [0, 0.1) is 24.4 Å². The third kappa shape index (κ3) is 5.94. The van der Waals surface area contributed by atoms with E-state index < -0.39 is 49.6 Å². The molecule has 0 saturated heterocycles. The van der Waals surface area contributed by atoms with E-state index >= 15 is 0 Å². The van der Waals surface area contributed by atoms with Gasteiger partial charge in [-0.15, -0.1) is 0 Å². The second kappa shape index (κ2) is 10.4. The van der Waals surface area contributed by atoms with Gasteiger partial charge in [-0.3, -0.25) is 0 Å². The van der Waals surface area contributed by atoms with E-state index in [0.717, 1.165) is 6.42 Å². The maximum absolute atomic E-state index is 13.4. The normalized spacial score (nSPS) is 28.3. The molecule has 0 amide bonds. The number of carbonyl (C=O) groups is 1. The lowest BCUT2D eigenvalue weighted by Crippen LogP contribution is -2.61. The summed E-state index contributed by atoms with van der Waals surface area (Å²) in [5.74, 6) is -0.907. The molecule has 2 unspecified atom stereocenters. The zero-order chi connectivity index (χ0) is 28.2. The van der Waals surface area contributed by atoms with Crippen LogP contribution in [0.1, 0.15) is 38.5 Å². The van der Waals surface area contributed by atoms with Crippen LogP contribution in [0.2, 0.25) is 0 Å². The standard InChI is InChI=1S/C25H25I2NO9S2/c26-19-7-17(8-20(27)22(19)39(33,34)35)36-13-21(29)37-25-11-15-6-16(12-25)10-24(9-15,14-25)23(30)28-38(31,32)18-4-2-1-3-5-18/h1-5,7-8,15-16H,6,9-14H2,(H,28,30)(H,33,34,35)/p-2. The molecule has 210 valence electrons. The minimum Gasteiger partial charge on any atom is -0.861 e. The summed E-state index contributed by atoms with van der Waals surface area (Å²) >= 11 is 3.44. The van der Waals surface area contributed by atoms with Gasteiger partial charge in [0.05, 0.1) is 9.79 Å². The largest absolute Gasteiger partial charge is 0.861 e. The van der Waals surface area contributed by atoms with Gasteiger partial charge in [-0.05, 0) is 126 Å². The second-order valence-electron chi connectivity index (χ2n) is 10.5. The number of halogens is 2. The lowest BCUT2D eigenvalue weighted by molar-refractivity contribution is -0.254. The summed E-state index contributed by atoms with van der Waals surface area (Å²) < 4.78 is 75.6. The number of hydrogen-bond donors (Lipinski definition) is 0. The van der Waals surface area contributed by atoms with Crippen molar-refractivity contribution in [3.63, 3.8) is 0 Å². The van der Waals surface area contributed by atoms with Gasteiger partial charge in [0.2, 0.25) is 0 Å². The molecule has 4 bridgehead atoms. The zero-order valence-electron chi connectivity index (χ0n) is 20.3. The van der Waals surface area contributed by atoms with Crippen LogP contribution in [-0.4, -0.2) is 45.5 Å². The Labute approximate surface area is 253 Å². The Morgan fingerprint density at radius 2 is 1.59 bits per heavy atom. The molecule has 10 nitrogen and oxygen atoms in total. The van der Waals surface area contributed by atoms with Crippen LogP contribution in [0.4, 0.5) is 0 Å². The number of hydrogen-bond acceptors (Lipinski definition) is 9. The monoisotopic (exact) mass is 799 g/mol. The van der Waals surface area contributed by atoms with Crippen LogP contribution < -0.4 is 9.84 Å². The maximum Gasteiger partial charge on any atom is 0.344 e. The Bertz CT molecular complexity index is 1520. The van der Waals surface area contributed by atoms with E-state index in [1.165, 1.54) is 24.3 Å². The lowest BCUT2D eigenvalue weighted by Gasteiger charge is -2.62. The topological polar surface area (TPSA) is 162 Å². The molecule has 0 aliphatic heterocycles. The first-order valence-corrected chi connectivity index (χ1v) is 17.1. The van der Waals surface area contributed by atoms with Crippen molar-refractivity contribution in [1.29, 1.82) is 0 Å². The van der Waals surface area contributed by atoms with Gasteiger partial charge >= 0.3 is 5.97 Å². The fourth-order valence-electron chi connectivity index (χ4n) is 6.67. The van der Waals surface area contributed by atoms with Gasteiger partial charge < -0.3 is 19.1 Å². The van der Waals surface area contributed by atoms with Gasteiger partial charge in [-0.1, -0.05) is 18.2 Å². The minimum atomic E-state index is -4.67. The van der Waals surface area contributed by atoms with E-state index in [9.17, 15) is 31.3 Å². The van der Waals surface area contributed by atoms with E-state index in [4.69, 9.17) is 9.47 Å². The molecule has 14 heteroatoms. The maximum atomic E-state index is 13.4. The quantitative estimate of drug-likeness (QED) is 0.128. The summed E-state index contributed by atoms with van der Waals surface area (Å²) in [4.78, 5) is 12.5. The summed E-state index contributed by atoms with van der Waals surface area (Å²) in [5, 5.41) is 13.4. The van der Waals surface area contributed by atoms with Gasteiger partial charge in [0.1, 0.15) is 21.5 Å². The molecule has 6 rings (SSSR count). The van der Waals surface area contributed by atoms with Gasteiger partial charge in [-0.2, -0.15) is 12.8 Å². The van der Waals surface area contributed by atoms with Crippen molar-refractivity contribution in [3.05, 3.63) is 49.6 Å². The van der Waals surface area contributed by atoms with Crippen LogP contribution >= 0.6 is 45.2 Å². The molecular weight excluding hydrogens is 776 g/mol. The number of carbonyl (C=O) groups excluding carboxylic acids is 1. The molecule has 0 radical (unpaired) electrons. The molecule has 0 N–H and O–H groups in total. The Morgan fingerprint density at radius 1 is 1.00 bits per heavy atom. The van der Waals surface area contributed by atoms with Crippen molar-refractivity contribution >= 4 is 77.2 Å². The van der Waals surface area contributed by atoms with Crippen LogP contribution in [0.15, 0.2) is 56.7 Å². The Morgan fingerprint density at radius 3 is 2.15 bits per heavy atom. The fourth-order valence-corrected chi connectivity index (χ4v) is 11.6. The van der Waals surface area contributed by atoms with Crippen molar-refractivity contribution < 1.29 is 40.8 Å². The number of rotatable bonds is 8. The van der Waals surface area contributed by atoms with Crippen molar-refractivity contribution in [2.24, 2.45) is 21.6 Å². The molecule has 0 aromatic heterocycles. The van der Waals surface area contributed by atoms with Crippen molar-refractivity contribution in [2.45, 2.75) is 53.9 Å². The first-order valence-electron chi connectivity index (χ1n) is 12.1. The van der Waals surface area contributed by atoms with E-state index in [0.29, 0.717) is 25.7 Å². The molecule has 2 aromatic carbocycles. The molecule has 4 fully saturated rings. The first-order chi connectivity index (χ1) is 18.2. The average molecular weight is 799 g/mol. The fraction of sp³-hybridized carbons (Fsp3) is 0.440. The summed E-state index contributed by atoms with van der Waals surface area (Å²) in [6.45, 7) is -0.458. The highest BCUT2D eigenvalue weighted by Gasteiger charge is 2.60. The molecule has 4 aliphatic rings. The molecule has 4 saturated carbocycles. The predicted molar refractivity (Wildman–Crippen MR) is 152 cm³/mol. The molecule has 0 heterocycles. The third-order valence-electron chi connectivity index (χ3n) is 7.61. The number of ether oxygens (including phenoxy) is 2. The van der Waals surface area contributed by atoms with Crippen molar-refractivity contribution in [2.75, 3.05) is 6.61 Å². The van der Waals surface area contributed by atoms with Crippen LogP contribution in [0.5, 0.6) is 5.75 Å². The summed E-state index contributed by atoms with van der Waals surface area (Å²) in [6, 6.07) is 10.3. The Hall–Kier alpha value is -1.50. The minimum absolute atomic E-state index is 0.0495. The summed E-state index contributed by atoms with van der Waals surface area (Å²) in [5.41, 5.74) is -1.91. The van der Waals surface area contributed by atoms with Gasteiger partial charge in [0, 0.05) is 12.6 Å². The van der Waals surface area contributed by atoms with Gasteiger partial charge in [-0.25, -0.2) is 13.2 Å². The predicted octanol–water partition coefficient (Wildman–Crippen LogP) is 3.21. The second-order valence-corrected chi connectivity index (χ2v) is 15.8. The molecule has 0 spiro atoms. The summed E-state index contributed by atoms with van der Waals surface area (Å²) in [7, 11) is -8.83. The number of nitrogens with zero attached hydrogens (tertiary/aromatic N) is 1. The number of benzene rings is 2. The van der Waals surface area contributed by atoms with Gasteiger partial charge in [0.15, 0.2) is 6.61 Å². The average Bonchev–Trinajstić information content (AvgIpc) is 2.80. The Kier molecular flexibility index (Phi) is 7.74. The number of sulfonamides is 1. The first kappa shape index (κ1) is 29.0. The summed E-state index contributed by atoms with van der Waals surface area (Å²) in [6.07, 6.45) is 3.29. The highest BCUT2D eigenvalue weighted by molar-refractivity contribution is 14.1. The van der Waals surface area contributed by atoms with E-state index in [1.54, 1.807) is 63.4 Å². The van der Waals surface area contributed by atoms with Gasteiger partial charge in [0.25, 0.3) is 10.0 Å². The van der Waals surface area contributed by atoms with Crippen molar-refractivity contribution in [1.82, 2.24) is 0 Å².